The summed E-state index contributed by atoms with van der Waals surface area (Å²) in [5, 5.41) is 0.533. The van der Waals surface area contributed by atoms with E-state index in [0.717, 1.165) is 12.1 Å². The van der Waals surface area contributed by atoms with Crippen molar-refractivity contribution >= 4 is 29.5 Å². The van der Waals surface area contributed by atoms with E-state index in [2.05, 4.69) is 9.73 Å². The van der Waals surface area contributed by atoms with Crippen molar-refractivity contribution in [2.24, 2.45) is 4.99 Å². The number of ether oxygens (including phenoxy) is 2. The Hall–Kier alpha value is -2.80. The van der Waals surface area contributed by atoms with Gasteiger partial charge in [-0.25, -0.2) is 9.79 Å². The summed E-state index contributed by atoms with van der Waals surface area (Å²) in [7, 11) is 0. The Kier molecular flexibility index (Phi) is 4.50. The average molecular weight is 368 g/mol. The number of hydrogen-bond acceptors (Lipinski definition) is 4. The zero-order chi connectivity index (χ0) is 18.0. The molecule has 0 bridgehead atoms. The highest BCUT2D eigenvalue weighted by molar-refractivity contribution is 6.30. The maximum atomic E-state index is 12.1. The van der Waals surface area contributed by atoms with Gasteiger partial charge in [-0.05, 0) is 48.0 Å². The summed E-state index contributed by atoms with van der Waals surface area (Å²) >= 11 is 5.80. The van der Waals surface area contributed by atoms with Crippen LogP contribution in [0.5, 0.6) is 5.75 Å². The van der Waals surface area contributed by atoms with E-state index < -0.39 is 12.3 Å². The van der Waals surface area contributed by atoms with E-state index in [4.69, 9.17) is 16.3 Å². The third-order valence-corrected chi connectivity index (χ3v) is 3.38. The lowest BCUT2D eigenvalue weighted by atomic mass is 10.2. The average Bonchev–Trinajstić information content (AvgIpc) is 2.89. The summed E-state index contributed by atoms with van der Waals surface area (Å²) < 4.78 is 45.3. The van der Waals surface area contributed by atoms with Crippen LogP contribution in [0.15, 0.2) is 59.2 Å². The van der Waals surface area contributed by atoms with Crippen molar-refractivity contribution in [2.75, 3.05) is 0 Å². The number of hydrogen-bond donors (Lipinski definition) is 0. The zero-order valence-corrected chi connectivity index (χ0v) is 13.1. The van der Waals surface area contributed by atoms with Gasteiger partial charge >= 0.3 is 12.3 Å². The van der Waals surface area contributed by atoms with Crippen molar-refractivity contribution in [3.05, 3.63) is 70.4 Å². The van der Waals surface area contributed by atoms with Crippen LogP contribution in [0.25, 0.3) is 6.08 Å². The van der Waals surface area contributed by atoms with E-state index in [1.807, 2.05) is 0 Å². The molecule has 25 heavy (non-hydrogen) atoms. The minimum Gasteiger partial charge on any atom is -0.406 e. The van der Waals surface area contributed by atoms with Gasteiger partial charge in [0.2, 0.25) is 5.90 Å². The van der Waals surface area contributed by atoms with E-state index in [1.165, 1.54) is 18.2 Å². The molecule has 0 atom stereocenters. The van der Waals surface area contributed by atoms with Crippen LogP contribution in [0.4, 0.5) is 13.2 Å². The first-order chi connectivity index (χ1) is 11.8. The first kappa shape index (κ1) is 17.0. The van der Waals surface area contributed by atoms with Crippen molar-refractivity contribution in [2.45, 2.75) is 6.36 Å². The molecule has 0 spiro atoms. The third-order valence-electron chi connectivity index (χ3n) is 3.13. The maximum absolute atomic E-state index is 12.1. The molecule has 1 heterocycles. The molecule has 0 radical (unpaired) electrons. The van der Waals surface area contributed by atoms with Gasteiger partial charge in [0.1, 0.15) is 5.75 Å². The second kappa shape index (κ2) is 6.60. The van der Waals surface area contributed by atoms with E-state index in [1.54, 1.807) is 24.3 Å². The van der Waals surface area contributed by atoms with Gasteiger partial charge in [0.05, 0.1) is 0 Å². The van der Waals surface area contributed by atoms with E-state index in [-0.39, 0.29) is 17.3 Å². The second-order valence-corrected chi connectivity index (χ2v) is 5.40. The van der Waals surface area contributed by atoms with Crippen LogP contribution in [-0.2, 0) is 9.53 Å². The first-order valence-corrected chi connectivity index (χ1v) is 7.32. The van der Waals surface area contributed by atoms with Crippen molar-refractivity contribution in [3.63, 3.8) is 0 Å². The Bertz CT molecular complexity index is 856. The van der Waals surface area contributed by atoms with E-state index in [0.29, 0.717) is 16.1 Å². The van der Waals surface area contributed by atoms with Crippen LogP contribution >= 0.6 is 11.6 Å². The highest BCUT2D eigenvalue weighted by Crippen LogP contribution is 2.24. The molecule has 0 saturated carbocycles. The van der Waals surface area contributed by atoms with Crippen LogP contribution in [-0.4, -0.2) is 18.2 Å². The molecule has 0 N–H and O–H groups in total. The number of esters is 1. The molecule has 4 nitrogen and oxygen atoms in total. The monoisotopic (exact) mass is 367 g/mol. The minimum atomic E-state index is -4.76. The molecule has 0 amide bonds. The van der Waals surface area contributed by atoms with Gasteiger partial charge in [-0.1, -0.05) is 23.7 Å². The molecule has 0 aromatic heterocycles. The molecule has 0 aliphatic carbocycles. The second-order valence-electron chi connectivity index (χ2n) is 4.96. The molecule has 1 aliphatic rings. The molecule has 2 aromatic rings. The van der Waals surface area contributed by atoms with Gasteiger partial charge in [0.15, 0.2) is 5.70 Å². The molecule has 0 saturated heterocycles. The number of cyclic esters (lactones) is 1. The van der Waals surface area contributed by atoms with Crippen LogP contribution in [0.1, 0.15) is 11.1 Å². The highest BCUT2D eigenvalue weighted by Gasteiger charge is 2.31. The molecular formula is C17H9ClF3NO3. The summed E-state index contributed by atoms with van der Waals surface area (Å²) in [5.74, 6) is -0.875. The number of nitrogens with zero attached hydrogens (tertiary/aromatic N) is 1. The number of alkyl halides is 3. The quantitative estimate of drug-likeness (QED) is 0.589. The fourth-order valence-electron chi connectivity index (χ4n) is 2.05. The van der Waals surface area contributed by atoms with Gasteiger partial charge < -0.3 is 9.47 Å². The predicted molar refractivity (Wildman–Crippen MR) is 85.2 cm³/mol. The Labute approximate surface area is 145 Å². The van der Waals surface area contributed by atoms with Crippen molar-refractivity contribution < 1.29 is 27.4 Å². The fourth-order valence-corrected chi connectivity index (χ4v) is 2.17. The highest BCUT2D eigenvalue weighted by atomic mass is 35.5. The fraction of sp³-hybridized carbons (Fsp3) is 0.0588. The van der Waals surface area contributed by atoms with Gasteiger partial charge in [-0.2, -0.15) is 0 Å². The van der Waals surface area contributed by atoms with Crippen molar-refractivity contribution in [1.82, 2.24) is 0 Å². The van der Waals surface area contributed by atoms with Gasteiger partial charge in [0, 0.05) is 10.6 Å². The number of rotatable bonds is 3. The van der Waals surface area contributed by atoms with Crippen molar-refractivity contribution in [3.8, 4) is 5.75 Å². The van der Waals surface area contributed by atoms with Gasteiger partial charge in [0.25, 0.3) is 0 Å². The van der Waals surface area contributed by atoms with Gasteiger partial charge in [-0.15, -0.1) is 13.2 Å². The summed E-state index contributed by atoms with van der Waals surface area (Å²) in [4.78, 5) is 16.0. The normalized spacial score (nSPS) is 15.9. The molecule has 2 aromatic carbocycles. The summed E-state index contributed by atoms with van der Waals surface area (Å²) in [5.41, 5.74) is 1.09. The number of halogens is 4. The molecule has 3 rings (SSSR count). The van der Waals surface area contributed by atoms with E-state index >= 15 is 0 Å². The number of aliphatic imine (C=N–C) groups is 1. The van der Waals surface area contributed by atoms with Crippen LogP contribution in [0.2, 0.25) is 5.02 Å². The lowest BCUT2D eigenvalue weighted by Gasteiger charge is -2.08. The van der Waals surface area contributed by atoms with E-state index in [9.17, 15) is 18.0 Å². The largest absolute Gasteiger partial charge is 0.573 e. The Morgan fingerprint density at radius 1 is 1.04 bits per heavy atom. The van der Waals surface area contributed by atoms with Crippen LogP contribution < -0.4 is 4.74 Å². The zero-order valence-electron chi connectivity index (χ0n) is 12.4. The number of benzene rings is 2. The maximum Gasteiger partial charge on any atom is 0.573 e. The van der Waals surface area contributed by atoms with Crippen molar-refractivity contribution in [1.29, 1.82) is 0 Å². The summed E-state index contributed by atoms with van der Waals surface area (Å²) in [6.45, 7) is 0. The minimum absolute atomic E-state index is 0.0365. The third kappa shape index (κ3) is 4.39. The number of carbonyl (C=O) groups is 1. The molecule has 0 unspecified atom stereocenters. The topological polar surface area (TPSA) is 47.9 Å². The smallest absolute Gasteiger partial charge is 0.406 e. The predicted octanol–water partition coefficient (Wildman–Crippen LogP) is 4.58. The number of carbonyl (C=O) groups excluding carboxylic acids is 1. The molecule has 1 aliphatic heterocycles. The molecular weight excluding hydrogens is 359 g/mol. The molecule has 128 valence electrons. The Balaban J connectivity index is 1.81. The molecule has 0 fully saturated rings. The summed E-state index contributed by atoms with van der Waals surface area (Å²) in [6.07, 6.45) is -3.35. The lowest BCUT2D eigenvalue weighted by molar-refractivity contribution is -0.274. The summed E-state index contributed by atoms with van der Waals surface area (Å²) in [6, 6.07) is 11.6. The Morgan fingerprint density at radius 2 is 1.68 bits per heavy atom. The Morgan fingerprint density at radius 3 is 2.28 bits per heavy atom. The van der Waals surface area contributed by atoms with Crippen LogP contribution in [0.3, 0.4) is 0 Å². The standard InChI is InChI=1S/C17H9ClF3NO3/c18-12-5-3-11(4-6-12)15-22-14(16(23)24-15)9-10-1-7-13(8-2-10)25-17(19,20)21/h1-9H. The van der Waals surface area contributed by atoms with Gasteiger partial charge in [-0.3, -0.25) is 0 Å². The first-order valence-electron chi connectivity index (χ1n) is 6.94. The lowest BCUT2D eigenvalue weighted by Crippen LogP contribution is -2.16. The van der Waals surface area contributed by atoms with Crippen LogP contribution in [0, 0.1) is 0 Å². The SMILES string of the molecule is O=C1OC(c2ccc(Cl)cc2)=NC1=Cc1ccc(OC(F)(F)F)cc1. The molecule has 8 heteroatoms.